The predicted octanol–water partition coefficient (Wildman–Crippen LogP) is 4.55. The number of hydrogen-bond donors (Lipinski definition) is 0. The number of halogens is 2. The van der Waals surface area contributed by atoms with Gasteiger partial charge >= 0.3 is 0 Å². The quantitative estimate of drug-likeness (QED) is 0.777. The average Bonchev–Trinajstić information content (AvgIpc) is 3.41. The van der Waals surface area contributed by atoms with Crippen LogP contribution in [0.2, 0.25) is 0 Å². The van der Waals surface area contributed by atoms with Crippen molar-refractivity contribution in [3.8, 4) is 11.5 Å². The second-order valence-electron chi connectivity index (χ2n) is 7.26. The van der Waals surface area contributed by atoms with Gasteiger partial charge in [-0.1, -0.05) is 0 Å². The van der Waals surface area contributed by atoms with Crippen LogP contribution in [0.15, 0.2) is 22.6 Å². The van der Waals surface area contributed by atoms with Crippen molar-refractivity contribution in [3.63, 3.8) is 0 Å². The van der Waals surface area contributed by atoms with Crippen LogP contribution >= 0.6 is 0 Å². The minimum absolute atomic E-state index is 0.281. The lowest BCUT2D eigenvalue weighted by atomic mass is 10.1. The summed E-state index contributed by atoms with van der Waals surface area (Å²) in [5.74, 6) is 1.40. The number of oxazole rings is 1. The number of hydrogen-bond acceptors (Lipinski definition) is 3. The van der Waals surface area contributed by atoms with Gasteiger partial charge in [0.2, 0.25) is 5.89 Å². The Hall–Kier alpha value is -1.75. The number of rotatable bonds is 6. The van der Waals surface area contributed by atoms with E-state index in [2.05, 4.69) is 16.9 Å². The zero-order valence-corrected chi connectivity index (χ0v) is 14.1. The molecule has 1 aromatic heterocycles. The van der Waals surface area contributed by atoms with Crippen molar-refractivity contribution in [2.24, 2.45) is 11.8 Å². The molecule has 0 bridgehead atoms. The average molecular weight is 332 g/mol. The van der Waals surface area contributed by atoms with Gasteiger partial charge in [0.05, 0.1) is 5.69 Å². The molecular formula is C19H22F2N2O. The summed E-state index contributed by atoms with van der Waals surface area (Å²) in [5.41, 5.74) is 1.19. The second kappa shape index (κ2) is 5.96. The Morgan fingerprint density at radius 3 is 2.25 bits per heavy atom. The Morgan fingerprint density at radius 1 is 1.12 bits per heavy atom. The summed E-state index contributed by atoms with van der Waals surface area (Å²) in [6.45, 7) is 2.57. The standard InChI is InChI=1S/C19H22F2N2O/c1-11-17(10-23(2)18(12-3-4-12)13-5-6-13)22-19(24-11)14-7-15(20)9-16(21)8-14/h7-9,12-13,18H,3-6,10H2,1-2H3. The highest BCUT2D eigenvalue weighted by Gasteiger charge is 2.43. The smallest absolute Gasteiger partial charge is 0.226 e. The summed E-state index contributed by atoms with van der Waals surface area (Å²) in [4.78, 5) is 6.89. The van der Waals surface area contributed by atoms with Crippen LogP contribution in [0.5, 0.6) is 0 Å². The molecule has 0 aliphatic heterocycles. The van der Waals surface area contributed by atoms with Gasteiger partial charge < -0.3 is 4.42 Å². The van der Waals surface area contributed by atoms with Crippen LogP contribution in [0.1, 0.15) is 37.1 Å². The third-order valence-corrected chi connectivity index (χ3v) is 5.12. The summed E-state index contributed by atoms with van der Waals surface area (Å²) in [5, 5.41) is 0. The largest absolute Gasteiger partial charge is 0.441 e. The van der Waals surface area contributed by atoms with E-state index >= 15 is 0 Å². The highest BCUT2D eigenvalue weighted by Crippen LogP contribution is 2.47. The summed E-state index contributed by atoms with van der Waals surface area (Å²) in [7, 11) is 2.15. The molecule has 2 saturated carbocycles. The van der Waals surface area contributed by atoms with Crippen LogP contribution in [0, 0.1) is 30.4 Å². The van der Waals surface area contributed by atoms with Gasteiger partial charge in [-0.3, -0.25) is 4.90 Å². The topological polar surface area (TPSA) is 29.3 Å². The molecule has 24 heavy (non-hydrogen) atoms. The highest BCUT2D eigenvalue weighted by atomic mass is 19.1. The molecule has 3 nitrogen and oxygen atoms in total. The lowest BCUT2D eigenvalue weighted by Crippen LogP contribution is -2.35. The monoisotopic (exact) mass is 332 g/mol. The van der Waals surface area contributed by atoms with Crippen molar-refractivity contribution in [3.05, 3.63) is 41.3 Å². The first-order valence-corrected chi connectivity index (χ1v) is 8.64. The molecule has 2 aromatic rings. The molecule has 1 heterocycles. The van der Waals surface area contributed by atoms with Gasteiger partial charge in [-0.2, -0.15) is 0 Å². The summed E-state index contributed by atoms with van der Waals surface area (Å²) >= 11 is 0. The number of aromatic nitrogens is 1. The fourth-order valence-electron chi connectivity index (χ4n) is 3.70. The SMILES string of the molecule is Cc1oc(-c2cc(F)cc(F)c2)nc1CN(C)C(C1CC1)C1CC1. The van der Waals surface area contributed by atoms with Gasteiger partial charge in [-0.05, 0) is 63.6 Å². The lowest BCUT2D eigenvalue weighted by Gasteiger charge is -2.27. The Balaban J connectivity index is 1.54. The zero-order valence-electron chi connectivity index (χ0n) is 14.1. The van der Waals surface area contributed by atoms with E-state index in [1.165, 1.54) is 37.8 Å². The minimum Gasteiger partial charge on any atom is -0.441 e. The molecule has 2 fully saturated rings. The van der Waals surface area contributed by atoms with Crippen molar-refractivity contribution in [1.82, 2.24) is 9.88 Å². The number of aryl methyl sites for hydroxylation is 1. The molecule has 0 atom stereocenters. The maximum atomic E-state index is 13.4. The van der Waals surface area contributed by atoms with Crippen molar-refractivity contribution in [2.75, 3.05) is 7.05 Å². The van der Waals surface area contributed by atoms with E-state index in [1.807, 2.05) is 6.92 Å². The normalized spacial score (nSPS) is 17.9. The fourth-order valence-corrected chi connectivity index (χ4v) is 3.70. The fraction of sp³-hybridized carbons (Fsp3) is 0.526. The molecule has 2 aliphatic rings. The van der Waals surface area contributed by atoms with E-state index in [9.17, 15) is 8.78 Å². The van der Waals surface area contributed by atoms with E-state index in [0.29, 0.717) is 23.9 Å². The molecule has 5 heteroatoms. The zero-order chi connectivity index (χ0) is 16.8. The lowest BCUT2D eigenvalue weighted by molar-refractivity contribution is 0.184. The van der Waals surface area contributed by atoms with E-state index in [0.717, 1.165) is 23.6 Å². The first kappa shape index (κ1) is 15.8. The van der Waals surface area contributed by atoms with E-state index in [4.69, 9.17) is 4.42 Å². The van der Waals surface area contributed by atoms with Gasteiger partial charge in [-0.25, -0.2) is 13.8 Å². The van der Waals surface area contributed by atoms with Gasteiger partial charge in [0.25, 0.3) is 0 Å². The van der Waals surface area contributed by atoms with E-state index in [1.54, 1.807) is 0 Å². The van der Waals surface area contributed by atoms with Crippen LogP contribution in [0.4, 0.5) is 8.78 Å². The first-order chi connectivity index (χ1) is 11.5. The Labute approximate surface area is 140 Å². The molecule has 0 N–H and O–H groups in total. The molecular weight excluding hydrogens is 310 g/mol. The summed E-state index contributed by atoms with van der Waals surface area (Å²) < 4.78 is 32.5. The third kappa shape index (κ3) is 3.22. The predicted molar refractivity (Wildman–Crippen MR) is 87.3 cm³/mol. The Morgan fingerprint density at radius 2 is 1.71 bits per heavy atom. The summed E-state index contributed by atoms with van der Waals surface area (Å²) in [6, 6.07) is 3.98. The van der Waals surface area contributed by atoms with Crippen molar-refractivity contribution >= 4 is 0 Å². The molecule has 128 valence electrons. The third-order valence-electron chi connectivity index (χ3n) is 5.12. The van der Waals surface area contributed by atoms with Gasteiger partial charge in [0.1, 0.15) is 17.4 Å². The first-order valence-electron chi connectivity index (χ1n) is 8.64. The summed E-state index contributed by atoms with van der Waals surface area (Å²) in [6.07, 6.45) is 5.32. The molecule has 0 radical (unpaired) electrons. The van der Waals surface area contributed by atoms with E-state index < -0.39 is 11.6 Å². The van der Waals surface area contributed by atoms with Crippen LogP contribution in [0.3, 0.4) is 0 Å². The molecule has 0 spiro atoms. The molecule has 0 saturated heterocycles. The van der Waals surface area contributed by atoms with Gasteiger partial charge in [0.15, 0.2) is 0 Å². The minimum atomic E-state index is -0.623. The van der Waals surface area contributed by atoms with Crippen LogP contribution in [0.25, 0.3) is 11.5 Å². The molecule has 0 unspecified atom stereocenters. The van der Waals surface area contributed by atoms with Crippen LogP contribution in [-0.4, -0.2) is 23.0 Å². The second-order valence-corrected chi connectivity index (χ2v) is 7.26. The van der Waals surface area contributed by atoms with Crippen molar-refractivity contribution in [1.29, 1.82) is 0 Å². The molecule has 4 rings (SSSR count). The number of benzene rings is 1. The Bertz CT molecular complexity index is 718. The van der Waals surface area contributed by atoms with Gasteiger partial charge in [0, 0.05) is 24.2 Å². The molecule has 1 aromatic carbocycles. The highest BCUT2D eigenvalue weighted by molar-refractivity contribution is 5.53. The number of nitrogens with zero attached hydrogens (tertiary/aromatic N) is 2. The molecule has 0 amide bonds. The van der Waals surface area contributed by atoms with Gasteiger partial charge in [-0.15, -0.1) is 0 Å². The maximum Gasteiger partial charge on any atom is 0.226 e. The molecule has 2 aliphatic carbocycles. The van der Waals surface area contributed by atoms with Crippen LogP contribution < -0.4 is 0 Å². The maximum absolute atomic E-state index is 13.4. The van der Waals surface area contributed by atoms with E-state index in [-0.39, 0.29) is 5.89 Å². The van der Waals surface area contributed by atoms with Crippen molar-refractivity contribution in [2.45, 2.75) is 45.2 Å². The van der Waals surface area contributed by atoms with Crippen molar-refractivity contribution < 1.29 is 13.2 Å². The Kier molecular flexibility index (Phi) is 3.91. The van der Waals surface area contributed by atoms with Crippen LogP contribution in [-0.2, 0) is 6.54 Å².